The van der Waals surface area contributed by atoms with Crippen LogP contribution in [0.3, 0.4) is 0 Å². The minimum atomic E-state index is -0.771. The van der Waals surface area contributed by atoms with Crippen LogP contribution < -0.4 is 5.32 Å². The number of fused-ring (bicyclic) bond motifs is 1. The molecule has 1 amide bonds. The number of hydrogen-bond acceptors (Lipinski definition) is 3. The highest BCUT2D eigenvalue weighted by molar-refractivity contribution is 5.68. The number of rotatable bonds is 4. The van der Waals surface area contributed by atoms with Crippen LogP contribution in [0.5, 0.6) is 0 Å². The SMILES string of the molecule is Cc1ccc2c(c1CCC(=O)O)CCC(NC(=O)OC(C)(C)C)C2. The maximum Gasteiger partial charge on any atom is 0.407 e. The molecule has 0 bridgehead atoms. The molecule has 132 valence electrons. The molecule has 1 aliphatic rings. The molecule has 5 nitrogen and oxygen atoms in total. The van der Waals surface area contributed by atoms with Gasteiger partial charge in [-0.1, -0.05) is 12.1 Å². The van der Waals surface area contributed by atoms with Crippen molar-refractivity contribution in [3.05, 3.63) is 34.4 Å². The van der Waals surface area contributed by atoms with E-state index < -0.39 is 11.6 Å². The van der Waals surface area contributed by atoms with Gasteiger partial charge in [-0.15, -0.1) is 0 Å². The van der Waals surface area contributed by atoms with E-state index in [2.05, 4.69) is 11.4 Å². The van der Waals surface area contributed by atoms with Gasteiger partial charge in [-0.25, -0.2) is 4.79 Å². The molecule has 0 spiro atoms. The van der Waals surface area contributed by atoms with E-state index in [1.807, 2.05) is 33.8 Å². The number of carboxylic acids is 1. The molecule has 0 saturated heterocycles. The Balaban J connectivity index is 2.07. The molecule has 1 aromatic carbocycles. The third-order valence-electron chi connectivity index (χ3n) is 4.28. The van der Waals surface area contributed by atoms with E-state index in [-0.39, 0.29) is 18.6 Å². The van der Waals surface area contributed by atoms with Crippen LogP contribution in [0, 0.1) is 6.92 Å². The van der Waals surface area contributed by atoms with E-state index in [0.717, 1.165) is 30.4 Å². The van der Waals surface area contributed by atoms with Crippen LogP contribution in [-0.2, 0) is 28.8 Å². The summed E-state index contributed by atoms with van der Waals surface area (Å²) in [4.78, 5) is 22.8. The van der Waals surface area contributed by atoms with Crippen molar-refractivity contribution in [1.29, 1.82) is 0 Å². The second-order valence-corrected chi connectivity index (χ2v) is 7.48. The van der Waals surface area contributed by atoms with Gasteiger partial charge in [-0.2, -0.15) is 0 Å². The van der Waals surface area contributed by atoms with Crippen molar-refractivity contribution in [1.82, 2.24) is 5.32 Å². The Kier molecular flexibility index (Phi) is 5.52. The lowest BCUT2D eigenvalue weighted by atomic mass is 9.82. The molecule has 1 aliphatic carbocycles. The molecule has 5 heteroatoms. The lowest BCUT2D eigenvalue weighted by molar-refractivity contribution is -0.136. The Labute approximate surface area is 143 Å². The number of aryl methyl sites for hydroxylation is 1. The molecular formula is C19H27NO4. The van der Waals surface area contributed by atoms with Crippen molar-refractivity contribution in [2.45, 2.75) is 71.4 Å². The summed E-state index contributed by atoms with van der Waals surface area (Å²) in [6.45, 7) is 7.57. The zero-order valence-corrected chi connectivity index (χ0v) is 14.9. The third-order valence-corrected chi connectivity index (χ3v) is 4.28. The fourth-order valence-corrected chi connectivity index (χ4v) is 3.22. The minimum absolute atomic E-state index is 0.0578. The largest absolute Gasteiger partial charge is 0.481 e. The highest BCUT2D eigenvalue weighted by Gasteiger charge is 2.25. The number of amides is 1. The van der Waals surface area contributed by atoms with Gasteiger partial charge in [-0.3, -0.25) is 4.79 Å². The number of benzene rings is 1. The standard InChI is InChI=1S/C19H27NO4/c1-12-5-6-13-11-14(20-18(23)24-19(2,3)4)7-8-16(13)15(12)9-10-17(21)22/h5-6,14H,7-11H2,1-4H3,(H,20,23)(H,21,22). The number of carbonyl (C=O) groups excluding carboxylic acids is 1. The molecule has 0 saturated carbocycles. The molecule has 1 unspecified atom stereocenters. The highest BCUT2D eigenvalue weighted by Crippen LogP contribution is 2.28. The van der Waals surface area contributed by atoms with E-state index >= 15 is 0 Å². The summed E-state index contributed by atoms with van der Waals surface area (Å²) in [5.41, 5.74) is 4.27. The molecule has 0 aliphatic heterocycles. The summed E-state index contributed by atoms with van der Waals surface area (Å²) < 4.78 is 5.32. The Morgan fingerprint density at radius 2 is 2.04 bits per heavy atom. The highest BCUT2D eigenvalue weighted by atomic mass is 16.6. The van der Waals surface area contributed by atoms with Gasteiger partial charge in [0, 0.05) is 12.5 Å². The first kappa shape index (κ1) is 18.3. The molecule has 1 atom stereocenters. The topological polar surface area (TPSA) is 75.6 Å². The lowest BCUT2D eigenvalue weighted by Gasteiger charge is -2.29. The molecule has 2 N–H and O–H groups in total. The summed E-state index contributed by atoms with van der Waals surface area (Å²) in [6, 6.07) is 4.20. The van der Waals surface area contributed by atoms with Gasteiger partial charge in [0.2, 0.25) is 0 Å². The number of carboxylic acid groups (broad SMARTS) is 1. The van der Waals surface area contributed by atoms with Crippen molar-refractivity contribution < 1.29 is 19.4 Å². The molecular weight excluding hydrogens is 306 g/mol. The number of nitrogens with one attached hydrogen (secondary N) is 1. The van der Waals surface area contributed by atoms with Crippen molar-refractivity contribution in [3.8, 4) is 0 Å². The molecule has 2 rings (SSSR count). The van der Waals surface area contributed by atoms with Crippen LogP contribution in [-0.4, -0.2) is 28.8 Å². The Hall–Kier alpha value is -2.04. The van der Waals surface area contributed by atoms with Gasteiger partial charge >= 0.3 is 12.1 Å². The second-order valence-electron chi connectivity index (χ2n) is 7.48. The van der Waals surface area contributed by atoms with E-state index in [4.69, 9.17) is 9.84 Å². The van der Waals surface area contributed by atoms with Crippen LogP contribution in [0.1, 0.15) is 55.9 Å². The quantitative estimate of drug-likeness (QED) is 0.885. The van der Waals surface area contributed by atoms with Gasteiger partial charge in [-0.05, 0) is 75.6 Å². The van der Waals surface area contributed by atoms with E-state index in [1.165, 1.54) is 11.1 Å². The van der Waals surface area contributed by atoms with Gasteiger partial charge in [0.15, 0.2) is 0 Å². The minimum Gasteiger partial charge on any atom is -0.481 e. The number of aliphatic carboxylic acids is 1. The van der Waals surface area contributed by atoms with Crippen LogP contribution in [0.4, 0.5) is 4.79 Å². The molecule has 1 aromatic rings. The fraction of sp³-hybridized carbons (Fsp3) is 0.579. The summed E-state index contributed by atoms with van der Waals surface area (Å²) in [7, 11) is 0. The van der Waals surface area contributed by atoms with Gasteiger partial charge < -0.3 is 15.2 Å². The van der Waals surface area contributed by atoms with Crippen LogP contribution in [0.15, 0.2) is 12.1 Å². The first-order valence-electron chi connectivity index (χ1n) is 8.47. The average molecular weight is 333 g/mol. The summed E-state index contributed by atoms with van der Waals surface area (Å²) >= 11 is 0. The van der Waals surface area contributed by atoms with Crippen molar-refractivity contribution in [2.24, 2.45) is 0 Å². The molecule has 0 aromatic heterocycles. The molecule has 24 heavy (non-hydrogen) atoms. The van der Waals surface area contributed by atoms with Crippen molar-refractivity contribution in [3.63, 3.8) is 0 Å². The number of alkyl carbamates (subject to hydrolysis) is 1. The van der Waals surface area contributed by atoms with Crippen molar-refractivity contribution >= 4 is 12.1 Å². The third kappa shape index (κ3) is 4.98. The number of hydrogen-bond donors (Lipinski definition) is 2. The zero-order chi connectivity index (χ0) is 17.9. The monoisotopic (exact) mass is 333 g/mol. The summed E-state index contributed by atoms with van der Waals surface area (Å²) in [6.07, 6.45) is 2.79. The predicted molar refractivity (Wildman–Crippen MR) is 92.3 cm³/mol. The van der Waals surface area contributed by atoms with Crippen LogP contribution in [0.25, 0.3) is 0 Å². The summed E-state index contributed by atoms with van der Waals surface area (Å²) in [5.74, 6) is -0.771. The fourth-order valence-electron chi connectivity index (χ4n) is 3.22. The van der Waals surface area contributed by atoms with Gasteiger partial charge in [0.05, 0.1) is 0 Å². The number of ether oxygens (including phenoxy) is 1. The zero-order valence-electron chi connectivity index (χ0n) is 14.9. The van der Waals surface area contributed by atoms with Crippen molar-refractivity contribution in [2.75, 3.05) is 0 Å². The average Bonchev–Trinajstić information content (AvgIpc) is 2.44. The Morgan fingerprint density at radius 3 is 2.67 bits per heavy atom. The Morgan fingerprint density at radius 1 is 1.33 bits per heavy atom. The molecule has 0 fully saturated rings. The van der Waals surface area contributed by atoms with E-state index in [9.17, 15) is 9.59 Å². The van der Waals surface area contributed by atoms with E-state index in [1.54, 1.807) is 0 Å². The first-order chi connectivity index (χ1) is 11.2. The first-order valence-corrected chi connectivity index (χ1v) is 8.47. The predicted octanol–water partition coefficient (Wildman–Crippen LogP) is 3.39. The number of carbonyl (C=O) groups is 2. The maximum absolute atomic E-state index is 11.9. The van der Waals surface area contributed by atoms with Crippen LogP contribution in [0.2, 0.25) is 0 Å². The summed E-state index contributed by atoms with van der Waals surface area (Å²) in [5, 5.41) is 11.9. The van der Waals surface area contributed by atoms with E-state index in [0.29, 0.717) is 6.42 Å². The Bertz CT molecular complexity index is 631. The smallest absolute Gasteiger partial charge is 0.407 e. The van der Waals surface area contributed by atoms with Gasteiger partial charge in [0.1, 0.15) is 5.60 Å². The van der Waals surface area contributed by atoms with Crippen LogP contribution >= 0.6 is 0 Å². The molecule has 0 heterocycles. The molecule has 0 radical (unpaired) electrons. The second kappa shape index (κ2) is 7.24. The maximum atomic E-state index is 11.9. The van der Waals surface area contributed by atoms with Gasteiger partial charge in [0.25, 0.3) is 0 Å². The normalized spacial score (nSPS) is 17.1. The lowest BCUT2D eigenvalue weighted by Crippen LogP contribution is -2.42.